The van der Waals surface area contributed by atoms with Crippen LogP contribution in [0.4, 0.5) is 0 Å². The van der Waals surface area contributed by atoms with Crippen LogP contribution in [0.1, 0.15) is 22.1 Å². The van der Waals surface area contributed by atoms with Crippen LogP contribution in [0.5, 0.6) is 0 Å². The van der Waals surface area contributed by atoms with Crippen molar-refractivity contribution in [1.82, 2.24) is 15.2 Å². The Bertz CT molecular complexity index is 645. The molecule has 0 bridgehead atoms. The third-order valence-corrected chi connectivity index (χ3v) is 4.66. The minimum atomic E-state index is -0.147. The van der Waals surface area contributed by atoms with Gasteiger partial charge in [0.2, 0.25) is 0 Å². The lowest BCUT2D eigenvalue weighted by molar-refractivity contribution is 0.0162. The molecule has 1 saturated heterocycles. The summed E-state index contributed by atoms with van der Waals surface area (Å²) in [6.07, 6.45) is 0. The summed E-state index contributed by atoms with van der Waals surface area (Å²) in [5.41, 5.74) is 3.21. The van der Waals surface area contributed by atoms with E-state index in [2.05, 4.69) is 15.2 Å². The largest absolute Gasteiger partial charge is 0.379 e. The first kappa shape index (κ1) is 16.4. The van der Waals surface area contributed by atoms with Crippen LogP contribution in [0.3, 0.4) is 0 Å². The van der Waals surface area contributed by atoms with Crippen molar-refractivity contribution < 1.29 is 9.53 Å². The van der Waals surface area contributed by atoms with Crippen LogP contribution in [0.25, 0.3) is 0 Å². The van der Waals surface area contributed by atoms with E-state index < -0.39 is 0 Å². The molecule has 0 spiro atoms. The van der Waals surface area contributed by atoms with Gasteiger partial charge in [0.05, 0.1) is 24.8 Å². The Kier molecular flexibility index (Phi) is 5.61. The molecule has 3 rings (SSSR count). The fourth-order valence-electron chi connectivity index (χ4n) is 2.67. The summed E-state index contributed by atoms with van der Waals surface area (Å²) in [6.45, 7) is 3.60. The highest BCUT2D eigenvalue weighted by molar-refractivity contribution is 7.07. The zero-order valence-corrected chi connectivity index (χ0v) is 14.1. The van der Waals surface area contributed by atoms with Crippen LogP contribution < -0.4 is 5.32 Å². The van der Waals surface area contributed by atoms with E-state index in [0.29, 0.717) is 30.5 Å². The summed E-state index contributed by atoms with van der Waals surface area (Å²) in [5.74, 6) is -0.147. The van der Waals surface area contributed by atoms with Gasteiger partial charge in [0.1, 0.15) is 5.69 Å². The van der Waals surface area contributed by atoms with Crippen LogP contribution in [0.15, 0.2) is 35.2 Å². The van der Waals surface area contributed by atoms with Crippen LogP contribution in [-0.4, -0.2) is 48.6 Å². The number of rotatable bonds is 5. The first-order chi connectivity index (χ1) is 11.2. The van der Waals surface area contributed by atoms with Gasteiger partial charge in [0.15, 0.2) is 0 Å². The number of carbonyl (C=O) groups is 1. The van der Waals surface area contributed by atoms with E-state index in [1.165, 1.54) is 11.3 Å². The number of nitrogens with one attached hydrogen (secondary N) is 1. The fourth-order valence-corrected chi connectivity index (χ4v) is 3.40. The highest BCUT2D eigenvalue weighted by Crippen LogP contribution is 2.24. The van der Waals surface area contributed by atoms with Gasteiger partial charge in [0.25, 0.3) is 5.91 Å². The second kappa shape index (κ2) is 7.88. The number of halogens is 1. The smallest absolute Gasteiger partial charge is 0.270 e. The molecule has 2 heterocycles. The molecule has 122 valence electrons. The average molecular weight is 352 g/mol. The number of benzene rings is 1. The Balaban J connectivity index is 1.73. The summed E-state index contributed by atoms with van der Waals surface area (Å²) in [4.78, 5) is 18.5. The van der Waals surface area contributed by atoms with Crippen LogP contribution in [-0.2, 0) is 4.74 Å². The quantitative estimate of drug-likeness (QED) is 0.899. The molecule has 0 saturated carbocycles. The molecule has 7 heteroatoms. The van der Waals surface area contributed by atoms with E-state index in [-0.39, 0.29) is 11.9 Å². The molecule has 23 heavy (non-hydrogen) atoms. The molecule has 2 aromatic rings. The molecule has 0 radical (unpaired) electrons. The van der Waals surface area contributed by atoms with E-state index in [4.69, 9.17) is 16.3 Å². The van der Waals surface area contributed by atoms with Gasteiger partial charge in [-0.1, -0.05) is 23.7 Å². The first-order valence-electron chi connectivity index (χ1n) is 7.47. The van der Waals surface area contributed by atoms with E-state index >= 15 is 0 Å². The van der Waals surface area contributed by atoms with E-state index in [9.17, 15) is 4.79 Å². The van der Waals surface area contributed by atoms with Crippen molar-refractivity contribution in [3.05, 3.63) is 51.4 Å². The molecule has 1 aliphatic rings. The van der Waals surface area contributed by atoms with Crippen molar-refractivity contribution in [1.29, 1.82) is 0 Å². The first-order valence-corrected chi connectivity index (χ1v) is 8.80. The number of morpholine rings is 1. The fraction of sp³-hybridized carbons (Fsp3) is 0.375. The monoisotopic (exact) mass is 351 g/mol. The maximum atomic E-state index is 12.2. The normalized spacial score (nSPS) is 16.9. The number of aromatic nitrogens is 1. The Hall–Kier alpha value is -1.47. The lowest BCUT2D eigenvalue weighted by Crippen LogP contribution is -2.43. The molecule has 1 aromatic carbocycles. The van der Waals surface area contributed by atoms with Crippen molar-refractivity contribution in [2.75, 3.05) is 32.8 Å². The van der Waals surface area contributed by atoms with Crippen molar-refractivity contribution in [2.45, 2.75) is 6.04 Å². The molecular formula is C16H18ClN3O2S. The molecule has 1 N–H and O–H groups in total. The number of thiazole rings is 1. The van der Waals surface area contributed by atoms with E-state index in [1.54, 1.807) is 10.9 Å². The Morgan fingerprint density at radius 1 is 1.43 bits per heavy atom. The lowest BCUT2D eigenvalue weighted by atomic mass is 10.0. The molecule has 1 aliphatic heterocycles. The highest BCUT2D eigenvalue weighted by Gasteiger charge is 2.23. The summed E-state index contributed by atoms with van der Waals surface area (Å²) < 4.78 is 5.43. The standard InChI is InChI=1S/C16H18ClN3O2S/c17-13-3-1-2-12(8-13)15(20-4-6-22-7-5-20)9-18-16(21)14-10-23-11-19-14/h1-3,8,10-11,15H,4-7,9H2,(H,18,21)/t15-/m1/s1. The van der Waals surface area contributed by atoms with Crippen molar-refractivity contribution in [3.8, 4) is 0 Å². The van der Waals surface area contributed by atoms with Gasteiger partial charge in [-0.05, 0) is 17.7 Å². The summed E-state index contributed by atoms with van der Waals surface area (Å²) >= 11 is 7.54. The summed E-state index contributed by atoms with van der Waals surface area (Å²) in [5, 5.41) is 5.43. The third kappa shape index (κ3) is 4.29. The second-order valence-corrected chi connectivity index (χ2v) is 6.46. The zero-order valence-electron chi connectivity index (χ0n) is 12.6. The lowest BCUT2D eigenvalue weighted by Gasteiger charge is -2.35. The van der Waals surface area contributed by atoms with Gasteiger partial charge < -0.3 is 10.1 Å². The van der Waals surface area contributed by atoms with Gasteiger partial charge in [0, 0.05) is 30.0 Å². The van der Waals surface area contributed by atoms with Gasteiger partial charge in [-0.15, -0.1) is 11.3 Å². The molecule has 0 unspecified atom stereocenters. The van der Waals surface area contributed by atoms with Crippen molar-refractivity contribution in [2.24, 2.45) is 0 Å². The SMILES string of the molecule is O=C(NC[C@H](c1cccc(Cl)c1)N1CCOCC1)c1cscn1. The van der Waals surface area contributed by atoms with Crippen molar-refractivity contribution in [3.63, 3.8) is 0 Å². The number of hydrogen-bond donors (Lipinski definition) is 1. The Morgan fingerprint density at radius 3 is 2.96 bits per heavy atom. The maximum absolute atomic E-state index is 12.2. The Morgan fingerprint density at radius 2 is 2.26 bits per heavy atom. The molecule has 1 atom stereocenters. The minimum absolute atomic E-state index is 0.0696. The maximum Gasteiger partial charge on any atom is 0.270 e. The third-order valence-electron chi connectivity index (χ3n) is 3.84. The molecule has 1 aromatic heterocycles. The number of nitrogens with zero attached hydrogens (tertiary/aromatic N) is 2. The van der Waals surface area contributed by atoms with Crippen molar-refractivity contribution >= 4 is 28.8 Å². The summed E-state index contributed by atoms with van der Waals surface area (Å²) in [7, 11) is 0. The minimum Gasteiger partial charge on any atom is -0.379 e. The van der Waals surface area contributed by atoms with Gasteiger partial charge in [-0.3, -0.25) is 9.69 Å². The molecule has 1 amide bonds. The predicted molar refractivity (Wildman–Crippen MR) is 91.0 cm³/mol. The van der Waals surface area contributed by atoms with Gasteiger partial charge in [-0.25, -0.2) is 4.98 Å². The van der Waals surface area contributed by atoms with Crippen LogP contribution in [0.2, 0.25) is 5.02 Å². The predicted octanol–water partition coefficient (Wildman–Crippen LogP) is 2.60. The second-order valence-electron chi connectivity index (χ2n) is 5.30. The zero-order chi connectivity index (χ0) is 16.1. The Labute approximate surface area is 144 Å². The van der Waals surface area contributed by atoms with Gasteiger partial charge >= 0.3 is 0 Å². The number of carbonyl (C=O) groups excluding carboxylic acids is 1. The van der Waals surface area contributed by atoms with E-state index in [1.807, 2.05) is 24.3 Å². The number of hydrogen-bond acceptors (Lipinski definition) is 5. The topological polar surface area (TPSA) is 54.5 Å². The highest BCUT2D eigenvalue weighted by atomic mass is 35.5. The summed E-state index contributed by atoms with van der Waals surface area (Å²) in [6, 6.07) is 7.86. The molecule has 0 aliphatic carbocycles. The molecule has 1 fully saturated rings. The van der Waals surface area contributed by atoms with Crippen LogP contribution >= 0.6 is 22.9 Å². The van der Waals surface area contributed by atoms with E-state index in [0.717, 1.165) is 18.7 Å². The molecular weight excluding hydrogens is 334 g/mol. The van der Waals surface area contributed by atoms with Crippen LogP contribution in [0, 0.1) is 0 Å². The molecule has 5 nitrogen and oxygen atoms in total. The number of ether oxygens (including phenoxy) is 1. The average Bonchev–Trinajstić information content (AvgIpc) is 3.10. The number of amides is 1. The van der Waals surface area contributed by atoms with Gasteiger partial charge in [-0.2, -0.15) is 0 Å².